The molecule has 0 unspecified atom stereocenters. The lowest BCUT2D eigenvalue weighted by atomic mass is 9.63. The number of methoxy groups -OCH3 is 1. The summed E-state index contributed by atoms with van der Waals surface area (Å²) in [6, 6.07) is 10.1. The van der Waals surface area contributed by atoms with E-state index in [1.54, 1.807) is 7.11 Å². The Balaban J connectivity index is 1.62. The molecule has 40 heavy (non-hydrogen) atoms. The van der Waals surface area contributed by atoms with Crippen molar-refractivity contribution in [1.82, 2.24) is 4.90 Å². The van der Waals surface area contributed by atoms with E-state index < -0.39 is 5.92 Å². The molecule has 0 amide bonds. The first-order valence-corrected chi connectivity index (χ1v) is 14.4. The molecule has 3 aliphatic rings. The number of hydrogen-bond donors (Lipinski definition) is 0. The summed E-state index contributed by atoms with van der Waals surface area (Å²) in [5.74, 6) is 0.654. The Labute approximate surface area is 243 Å². The highest BCUT2D eigenvalue weighted by Crippen LogP contribution is 2.55. The van der Waals surface area contributed by atoms with E-state index in [9.17, 15) is 9.59 Å². The molecule has 0 fully saturated rings. The Morgan fingerprint density at radius 3 is 1.88 bits per heavy atom. The molecular formula is C34H40ClNO4. The Bertz CT molecular complexity index is 1400. The maximum Gasteiger partial charge on any atom is 0.180 e. The minimum absolute atomic E-state index is 0.0949. The molecule has 0 saturated carbocycles. The van der Waals surface area contributed by atoms with E-state index in [4.69, 9.17) is 21.1 Å². The Kier molecular flexibility index (Phi) is 7.19. The largest absolute Gasteiger partial charge is 0.493 e. The highest BCUT2D eigenvalue weighted by molar-refractivity contribution is 6.32. The van der Waals surface area contributed by atoms with Gasteiger partial charge in [0.15, 0.2) is 23.1 Å². The number of carbonyl (C=O) groups excluding carboxylic acids is 2. The third-order valence-electron chi connectivity index (χ3n) is 8.43. The Hall–Kier alpha value is -3.05. The van der Waals surface area contributed by atoms with Gasteiger partial charge in [-0.3, -0.25) is 9.59 Å². The summed E-state index contributed by atoms with van der Waals surface area (Å²) in [6.45, 7) is 13.0. The van der Waals surface area contributed by atoms with Crippen LogP contribution in [-0.4, -0.2) is 30.6 Å². The maximum absolute atomic E-state index is 13.8. The summed E-state index contributed by atoms with van der Waals surface area (Å²) in [5, 5.41) is 0.397. The van der Waals surface area contributed by atoms with Crippen LogP contribution in [0.3, 0.4) is 0 Å². The van der Waals surface area contributed by atoms with Crippen molar-refractivity contribution in [3.8, 4) is 11.5 Å². The zero-order chi connectivity index (χ0) is 29.1. The number of allylic oxidation sites excluding steroid dienone is 4. The lowest BCUT2D eigenvalue weighted by molar-refractivity contribution is -0.119. The standard InChI is InChI=1S/C34H40ClNO4/c1-19-9-20(2)11-21(10-19)18-40-32-23(35)12-22(13-28(32)39-8)29-30-24(14-33(3,4)16-26(30)37)36(7)25-15-34(5,6)17-27(38)31(25)29/h9-13,29H,14-18H2,1-8H3. The average molecular weight is 562 g/mol. The average Bonchev–Trinajstić information content (AvgIpc) is 2.82. The minimum Gasteiger partial charge on any atom is -0.493 e. The molecule has 0 spiro atoms. The van der Waals surface area contributed by atoms with Crippen LogP contribution in [0.4, 0.5) is 0 Å². The van der Waals surface area contributed by atoms with Crippen LogP contribution in [0.5, 0.6) is 11.5 Å². The molecule has 0 aromatic heterocycles. The van der Waals surface area contributed by atoms with E-state index in [-0.39, 0.29) is 22.4 Å². The molecule has 0 bridgehead atoms. The van der Waals surface area contributed by atoms with Crippen molar-refractivity contribution in [3.05, 3.63) is 80.1 Å². The fraction of sp³-hybridized carbons (Fsp3) is 0.471. The van der Waals surface area contributed by atoms with Gasteiger partial charge in [0.25, 0.3) is 0 Å². The number of ether oxygens (including phenoxy) is 2. The van der Waals surface area contributed by atoms with Crippen LogP contribution >= 0.6 is 11.6 Å². The van der Waals surface area contributed by atoms with Gasteiger partial charge in [0.05, 0.1) is 12.1 Å². The van der Waals surface area contributed by atoms with Gasteiger partial charge in [0.1, 0.15) is 6.61 Å². The smallest absolute Gasteiger partial charge is 0.180 e. The molecule has 5 nitrogen and oxygen atoms in total. The first-order valence-electron chi connectivity index (χ1n) is 14.0. The summed E-state index contributed by atoms with van der Waals surface area (Å²) in [4.78, 5) is 29.7. The number of nitrogens with zero attached hydrogens (tertiary/aromatic N) is 1. The molecule has 0 radical (unpaired) electrons. The SMILES string of the molecule is COc1cc(C2C3=C(CC(C)(C)CC3=O)N(C)C3=C2C(=O)CC(C)(C)C3)cc(Cl)c1OCc1cc(C)cc(C)c1. The van der Waals surface area contributed by atoms with Crippen molar-refractivity contribution >= 4 is 23.2 Å². The van der Waals surface area contributed by atoms with Gasteiger partial charge in [-0.2, -0.15) is 0 Å². The van der Waals surface area contributed by atoms with Crippen LogP contribution in [0.25, 0.3) is 0 Å². The van der Waals surface area contributed by atoms with E-state index >= 15 is 0 Å². The molecular weight excluding hydrogens is 522 g/mol. The number of halogens is 1. The van der Waals surface area contributed by atoms with Gasteiger partial charge >= 0.3 is 0 Å². The summed E-state index contributed by atoms with van der Waals surface area (Å²) in [6.07, 6.45) is 2.43. The van der Waals surface area contributed by atoms with Crippen molar-refractivity contribution in [2.24, 2.45) is 10.8 Å². The number of benzene rings is 2. The lowest BCUT2D eigenvalue weighted by Crippen LogP contribution is -2.43. The topological polar surface area (TPSA) is 55.8 Å². The van der Waals surface area contributed by atoms with Crippen LogP contribution in [0.15, 0.2) is 52.9 Å². The molecule has 2 aromatic carbocycles. The van der Waals surface area contributed by atoms with E-state index in [0.717, 1.165) is 46.5 Å². The van der Waals surface area contributed by atoms with Gasteiger partial charge in [0, 0.05) is 48.3 Å². The normalized spacial score (nSPS) is 20.5. The summed E-state index contributed by atoms with van der Waals surface area (Å²) in [5.41, 5.74) is 7.34. The Morgan fingerprint density at radius 2 is 1.38 bits per heavy atom. The quantitative estimate of drug-likeness (QED) is 0.372. The van der Waals surface area contributed by atoms with Crippen LogP contribution in [0.1, 0.15) is 81.5 Å². The van der Waals surface area contributed by atoms with Gasteiger partial charge < -0.3 is 14.4 Å². The fourth-order valence-corrected chi connectivity index (χ4v) is 7.13. The molecule has 2 aliphatic carbocycles. The number of carbonyl (C=O) groups is 2. The second-order valence-electron chi connectivity index (χ2n) is 13.4. The predicted octanol–water partition coefficient (Wildman–Crippen LogP) is 7.86. The van der Waals surface area contributed by atoms with Crippen molar-refractivity contribution in [1.29, 1.82) is 0 Å². The molecule has 0 saturated heterocycles. The van der Waals surface area contributed by atoms with Crippen molar-refractivity contribution in [2.45, 2.75) is 79.8 Å². The third kappa shape index (κ3) is 5.21. The van der Waals surface area contributed by atoms with Crippen LogP contribution in [0.2, 0.25) is 5.02 Å². The number of aryl methyl sites for hydroxylation is 2. The zero-order valence-electron chi connectivity index (χ0n) is 25.0. The van der Waals surface area contributed by atoms with Crippen molar-refractivity contribution in [3.63, 3.8) is 0 Å². The van der Waals surface area contributed by atoms with Crippen LogP contribution in [0, 0.1) is 24.7 Å². The predicted molar refractivity (Wildman–Crippen MR) is 159 cm³/mol. The zero-order valence-corrected chi connectivity index (χ0v) is 25.7. The molecule has 2 aromatic rings. The summed E-state index contributed by atoms with van der Waals surface area (Å²) in [7, 11) is 3.60. The first-order chi connectivity index (χ1) is 18.7. The number of Topliss-reactive ketones (excluding diaryl/α,β-unsaturated/α-hetero) is 2. The molecule has 6 heteroatoms. The molecule has 5 rings (SSSR count). The summed E-state index contributed by atoms with van der Waals surface area (Å²) >= 11 is 6.89. The maximum atomic E-state index is 13.8. The van der Waals surface area contributed by atoms with E-state index in [0.29, 0.717) is 36.0 Å². The van der Waals surface area contributed by atoms with Gasteiger partial charge in [0.2, 0.25) is 0 Å². The molecule has 0 atom stereocenters. The van der Waals surface area contributed by atoms with Gasteiger partial charge in [-0.05, 0) is 60.8 Å². The Morgan fingerprint density at radius 1 is 0.850 bits per heavy atom. The second kappa shape index (κ2) is 10.1. The van der Waals surface area contributed by atoms with E-state index in [1.807, 2.05) is 19.2 Å². The third-order valence-corrected chi connectivity index (χ3v) is 8.71. The van der Waals surface area contributed by atoms with Gasteiger partial charge in [-0.25, -0.2) is 0 Å². The molecule has 212 valence electrons. The van der Waals surface area contributed by atoms with Gasteiger partial charge in [-0.1, -0.05) is 68.6 Å². The summed E-state index contributed by atoms with van der Waals surface area (Å²) < 4.78 is 12.0. The van der Waals surface area contributed by atoms with Gasteiger partial charge in [-0.15, -0.1) is 0 Å². The van der Waals surface area contributed by atoms with Crippen molar-refractivity contribution in [2.75, 3.05) is 14.2 Å². The number of rotatable bonds is 5. The van der Waals surface area contributed by atoms with Crippen LogP contribution in [-0.2, 0) is 16.2 Å². The fourth-order valence-electron chi connectivity index (χ4n) is 6.85. The van der Waals surface area contributed by atoms with E-state index in [2.05, 4.69) is 64.6 Å². The van der Waals surface area contributed by atoms with Crippen molar-refractivity contribution < 1.29 is 19.1 Å². The molecule has 1 aliphatic heterocycles. The van der Waals surface area contributed by atoms with Crippen LogP contribution < -0.4 is 9.47 Å². The highest BCUT2D eigenvalue weighted by atomic mass is 35.5. The highest BCUT2D eigenvalue weighted by Gasteiger charge is 2.48. The number of hydrogen-bond acceptors (Lipinski definition) is 5. The molecule has 0 N–H and O–H groups in total. The molecule has 1 heterocycles. The lowest BCUT2D eigenvalue weighted by Gasteiger charge is -2.48. The monoisotopic (exact) mass is 561 g/mol. The van der Waals surface area contributed by atoms with E-state index in [1.165, 1.54) is 11.1 Å². The second-order valence-corrected chi connectivity index (χ2v) is 13.8. The number of ketones is 2. The minimum atomic E-state index is -0.478. The first kappa shape index (κ1) is 28.5.